The van der Waals surface area contributed by atoms with Crippen molar-refractivity contribution < 1.29 is 32.5 Å². The topological polar surface area (TPSA) is 62.6 Å². The quantitative estimate of drug-likeness (QED) is 0.829. The van der Waals surface area contributed by atoms with Crippen molar-refractivity contribution in [2.24, 2.45) is 0 Å². The standard InChI is InChI=1S/C17H15F4NO3/c1-16(24,8-23)13-6-11-12(17(19,20)21)7-25-15(11)14(22-13)9-2-4-10(18)5-3-9/h2-6,12,23-24H,7-8H2,1H3/t12-,16?/m1/s1. The molecule has 0 aliphatic carbocycles. The number of hydrogen-bond acceptors (Lipinski definition) is 4. The van der Waals surface area contributed by atoms with Gasteiger partial charge in [0.2, 0.25) is 0 Å². The van der Waals surface area contributed by atoms with Crippen LogP contribution in [0, 0.1) is 5.82 Å². The van der Waals surface area contributed by atoms with E-state index in [0.717, 1.165) is 18.2 Å². The lowest BCUT2D eigenvalue weighted by Crippen LogP contribution is -2.28. The third-order valence-electron chi connectivity index (χ3n) is 4.14. The van der Waals surface area contributed by atoms with Gasteiger partial charge in [0.1, 0.15) is 35.4 Å². The predicted molar refractivity (Wildman–Crippen MR) is 80.6 cm³/mol. The zero-order valence-electron chi connectivity index (χ0n) is 13.1. The van der Waals surface area contributed by atoms with Crippen LogP contribution in [0.25, 0.3) is 11.3 Å². The predicted octanol–water partition coefficient (Wildman–Crippen LogP) is 3.13. The summed E-state index contributed by atoms with van der Waals surface area (Å²) in [7, 11) is 0. The molecule has 1 aromatic heterocycles. The normalized spacial score (nSPS) is 19.2. The van der Waals surface area contributed by atoms with E-state index in [4.69, 9.17) is 4.74 Å². The molecule has 0 bridgehead atoms. The monoisotopic (exact) mass is 357 g/mol. The van der Waals surface area contributed by atoms with Gasteiger partial charge in [-0.3, -0.25) is 0 Å². The van der Waals surface area contributed by atoms with E-state index < -0.39 is 36.7 Å². The van der Waals surface area contributed by atoms with Crippen molar-refractivity contribution in [1.82, 2.24) is 4.98 Å². The van der Waals surface area contributed by atoms with Gasteiger partial charge in [-0.25, -0.2) is 9.37 Å². The van der Waals surface area contributed by atoms with Crippen LogP contribution >= 0.6 is 0 Å². The minimum absolute atomic E-state index is 0.0496. The van der Waals surface area contributed by atoms with Gasteiger partial charge < -0.3 is 14.9 Å². The Kier molecular flexibility index (Phi) is 4.20. The fourth-order valence-electron chi connectivity index (χ4n) is 2.65. The number of pyridine rings is 1. The third-order valence-corrected chi connectivity index (χ3v) is 4.14. The summed E-state index contributed by atoms with van der Waals surface area (Å²) in [6, 6.07) is 6.12. The number of alkyl halides is 3. The highest BCUT2D eigenvalue weighted by Gasteiger charge is 2.47. The van der Waals surface area contributed by atoms with Crippen molar-refractivity contribution in [3.63, 3.8) is 0 Å². The molecule has 4 nitrogen and oxygen atoms in total. The van der Waals surface area contributed by atoms with Crippen molar-refractivity contribution in [3.05, 3.63) is 47.4 Å². The highest BCUT2D eigenvalue weighted by Crippen LogP contribution is 2.48. The molecule has 2 N–H and O–H groups in total. The molecule has 2 aromatic rings. The smallest absolute Gasteiger partial charge is 0.399 e. The van der Waals surface area contributed by atoms with E-state index in [2.05, 4.69) is 4.98 Å². The number of aliphatic hydroxyl groups is 2. The minimum atomic E-state index is -4.53. The number of hydrogen-bond donors (Lipinski definition) is 2. The first-order valence-electron chi connectivity index (χ1n) is 7.47. The molecule has 0 saturated heterocycles. The maximum absolute atomic E-state index is 13.3. The fourth-order valence-corrected chi connectivity index (χ4v) is 2.65. The average Bonchev–Trinajstić information content (AvgIpc) is 2.99. The molecule has 1 aliphatic rings. The van der Waals surface area contributed by atoms with Gasteiger partial charge in [-0.1, -0.05) is 0 Å². The van der Waals surface area contributed by atoms with Crippen LogP contribution in [-0.4, -0.2) is 34.6 Å². The fraction of sp³-hybridized carbons (Fsp3) is 0.353. The number of halogens is 4. The van der Waals surface area contributed by atoms with E-state index in [1.165, 1.54) is 19.1 Å². The molecule has 0 radical (unpaired) electrons. The van der Waals surface area contributed by atoms with E-state index in [-0.39, 0.29) is 22.7 Å². The summed E-state index contributed by atoms with van der Waals surface area (Å²) in [4.78, 5) is 4.18. The molecule has 0 amide bonds. The maximum atomic E-state index is 13.3. The SMILES string of the molecule is CC(O)(CO)c1cc2c(c(-c3ccc(F)cc3)n1)OC[C@H]2C(F)(F)F. The van der Waals surface area contributed by atoms with Crippen molar-refractivity contribution in [1.29, 1.82) is 0 Å². The summed E-state index contributed by atoms with van der Waals surface area (Å²) in [5, 5.41) is 19.6. The molecule has 0 fully saturated rings. The zero-order chi connectivity index (χ0) is 18.4. The van der Waals surface area contributed by atoms with Crippen LogP contribution in [0.1, 0.15) is 24.1 Å². The summed E-state index contributed by atoms with van der Waals surface area (Å²) in [5.74, 6) is -2.42. The van der Waals surface area contributed by atoms with Gasteiger partial charge in [0.05, 0.1) is 12.3 Å². The molecule has 2 heterocycles. The first-order valence-corrected chi connectivity index (χ1v) is 7.47. The second-order valence-electron chi connectivity index (χ2n) is 6.12. The summed E-state index contributed by atoms with van der Waals surface area (Å²) < 4.78 is 58.2. The Morgan fingerprint density at radius 3 is 2.44 bits per heavy atom. The van der Waals surface area contributed by atoms with Crippen molar-refractivity contribution in [2.45, 2.75) is 24.6 Å². The van der Waals surface area contributed by atoms with Gasteiger partial charge in [0.15, 0.2) is 0 Å². The second-order valence-corrected chi connectivity index (χ2v) is 6.12. The van der Waals surface area contributed by atoms with Crippen LogP contribution in [0.2, 0.25) is 0 Å². The Morgan fingerprint density at radius 1 is 1.24 bits per heavy atom. The number of nitrogens with zero attached hydrogens (tertiary/aromatic N) is 1. The van der Waals surface area contributed by atoms with Gasteiger partial charge in [-0.2, -0.15) is 13.2 Å². The molecule has 1 aliphatic heterocycles. The molecule has 0 spiro atoms. The number of ether oxygens (including phenoxy) is 1. The van der Waals surface area contributed by atoms with Crippen LogP contribution in [0.15, 0.2) is 30.3 Å². The average molecular weight is 357 g/mol. The zero-order valence-corrected chi connectivity index (χ0v) is 13.1. The number of benzene rings is 1. The minimum Gasteiger partial charge on any atom is -0.490 e. The van der Waals surface area contributed by atoms with Gasteiger partial charge in [0.25, 0.3) is 0 Å². The lowest BCUT2D eigenvalue weighted by molar-refractivity contribution is -0.151. The Morgan fingerprint density at radius 2 is 1.88 bits per heavy atom. The Bertz CT molecular complexity index is 788. The van der Waals surface area contributed by atoms with E-state index in [1.807, 2.05) is 0 Å². The highest BCUT2D eigenvalue weighted by atomic mass is 19.4. The van der Waals surface area contributed by atoms with Crippen LogP contribution in [-0.2, 0) is 5.60 Å². The van der Waals surface area contributed by atoms with E-state index >= 15 is 0 Å². The maximum Gasteiger partial charge on any atom is 0.399 e. The molecule has 3 rings (SSSR count). The Balaban J connectivity index is 2.23. The Labute approximate surface area is 140 Å². The summed E-state index contributed by atoms with van der Waals surface area (Å²) in [6.45, 7) is -0.0762. The first kappa shape index (κ1) is 17.6. The molecule has 134 valence electrons. The lowest BCUT2D eigenvalue weighted by atomic mass is 9.93. The lowest BCUT2D eigenvalue weighted by Gasteiger charge is -2.22. The summed E-state index contributed by atoms with van der Waals surface area (Å²) in [6.07, 6.45) is -4.53. The second kappa shape index (κ2) is 5.96. The third kappa shape index (κ3) is 3.19. The van der Waals surface area contributed by atoms with Gasteiger partial charge >= 0.3 is 6.18 Å². The molecule has 0 saturated carbocycles. The first-order chi connectivity index (χ1) is 11.6. The molecule has 1 aromatic carbocycles. The number of rotatable bonds is 3. The molecule has 8 heteroatoms. The van der Waals surface area contributed by atoms with Crippen molar-refractivity contribution >= 4 is 0 Å². The molecular formula is C17H15F4NO3. The Hall–Kier alpha value is -2.19. The van der Waals surface area contributed by atoms with Gasteiger partial charge in [0, 0.05) is 11.1 Å². The van der Waals surface area contributed by atoms with Crippen molar-refractivity contribution in [3.8, 4) is 17.0 Å². The number of fused-ring (bicyclic) bond motifs is 1. The van der Waals surface area contributed by atoms with Crippen molar-refractivity contribution in [2.75, 3.05) is 13.2 Å². The molecule has 1 unspecified atom stereocenters. The molecule has 25 heavy (non-hydrogen) atoms. The highest BCUT2D eigenvalue weighted by molar-refractivity contribution is 5.70. The van der Waals surface area contributed by atoms with E-state index in [1.54, 1.807) is 0 Å². The van der Waals surface area contributed by atoms with Gasteiger partial charge in [-0.15, -0.1) is 0 Å². The van der Waals surface area contributed by atoms with Crippen LogP contribution in [0.3, 0.4) is 0 Å². The van der Waals surface area contributed by atoms with E-state index in [9.17, 15) is 27.8 Å². The van der Waals surface area contributed by atoms with Crippen LogP contribution in [0.5, 0.6) is 5.75 Å². The van der Waals surface area contributed by atoms with Crippen LogP contribution < -0.4 is 4.74 Å². The number of aromatic nitrogens is 1. The molecule has 2 atom stereocenters. The largest absolute Gasteiger partial charge is 0.490 e. The number of aliphatic hydroxyl groups excluding tert-OH is 1. The summed E-state index contributed by atoms with van der Waals surface area (Å²) in [5.41, 5.74) is -1.70. The summed E-state index contributed by atoms with van der Waals surface area (Å²) >= 11 is 0. The molecular weight excluding hydrogens is 342 g/mol. The van der Waals surface area contributed by atoms with E-state index in [0.29, 0.717) is 5.56 Å². The van der Waals surface area contributed by atoms with Gasteiger partial charge in [-0.05, 0) is 37.3 Å². The van der Waals surface area contributed by atoms with Crippen LogP contribution in [0.4, 0.5) is 17.6 Å².